The number of fused-ring (bicyclic) bond motifs is 1. The van der Waals surface area contributed by atoms with Gasteiger partial charge in [0, 0.05) is 23.8 Å². The number of ether oxygens (including phenoxy) is 2. The average molecular weight is 427 g/mol. The highest BCUT2D eigenvalue weighted by Crippen LogP contribution is 2.43. The quantitative estimate of drug-likeness (QED) is 0.284. The number of aryl methyl sites for hydroxylation is 1. The lowest BCUT2D eigenvalue weighted by Crippen LogP contribution is -2.21. The molecule has 0 fully saturated rings. The van der Waals surface area contributed by atoms with Gasteiger partial charge in [0.15, 0.2) is 0 Å². The van der Waals surface area contributed by atoms with Gasteiger partial charge in [-0.15, -0.1) is 0 Å². The second-order valence-electron chi connectivity index (χ2n) is 7.23. The van der Waals surface area contributed by atoms with Gasteiger partial charge in [-0.25, -0.2) is 4.79 Å². The Morgan fingerprint density at radius 3 is 2.44 bits per heavy atom. The van der Waals surface area contributed by atoms with Gasteiger partial charge in [0.25, 0.3) is 5.69 Å². The topological polar surface area (TPSA) is 128 Å². The minimum Gasteiger partial charge on any atom is -0.440 e. The van der Waals surface area contributed by atoms with Crippen LogP contribution in [-0.2, 0) is 0 Å². The Morgan fingerprint density at radius 2 is 1.81 bits per heavy atom. The fourth-order valence-corrected chi connectivity index (χ4v) is 3.49. The summed E-state index contributed by atoms with van der Waals surface area (Å²) in [6.07, 6.45) is 0. The summed E-state index contributed by atoms with van der Waals surface area (Å²) >= 11 is 0. The molecule has 0 aliphatic carbocycles. The molecule has 3 aromatic rings. The van der Waals surface area contributed by atoms with E-state index < -0.39 is 16.8 Å². The molecular weight excluding hydrogens is 410 g/mol. The van der Waals surface area contributed by atoms with E-state index in [0.29, 0.717) is 11.3 Å². The molecule has 0 saturated heterocycles. The highest BCUT2D eigenvalue weighted by atomic mass is 16.6. The molecule has 0 spiro atoms. The van der Waals surface area contributed by atoms with E-state index in [9.17, 15) is 20.2 Å². The number of nitrogens with two attached hydrogens (primary N) is 1. The van der Waals surface area contributed by atoms with Crippen LogP contribution in [0.2, 0.25) is 0 Å². The lowest BCUT2D eigenvalue weighted by atomic mass is 9.83. The summed E-state index contributed by atoms with van der Waals surface area (Å²) in [6, 6.07) is 19.9. The molecule has 4 rings (SSSR count). The van der Waals surface area contributed by atoms with Gasteiger partial charge in [0.05, 0.1) is 16.4 Å². The van der Waals surface area contributed by atoms with Gasteiger partial charge in [-0.1, -0.05) is 35.9 Å². The third-order valence-electron chi connectivity index (χ3n) is 5.13. The second-order valence-corrected chi connectivity index (χ2v) is 7.23. The van der Waals surface area contributed by atoms with E-state index in [1.54, 1.807) is 12.1 Å². The number of hydrogen-bond acceptors (Lipinski definition) is 7. The van der Waals surface area contributed by atoms with Crippen LogP contribution < -0.4 is 15.2 Å². The van der Waals surface area contributed by atoms with E-state index in [1.165, 1.54) is 30.3 Å². The van der Waals surface area contributed by atoms with Crippen molar-refractivity contribution in [1.29, 1.82) is 5.26 Å². The predicted octanol–water partition coefficient (Wildman–Crippen LogP) is 4.34. The molecule has 0 bridgehead atoms. The number of carbonyl (C=O) groups is 1. The van der Waals surface area contributed by atoms with Crippen LogP contribution in [0.5, 0.6) is 11.5 Å². The van der Waals surface area contributed by atoms with Crippen LogP contribution in [-0.4, -0.2) is 10.9 Å². The van der Waals surface area contributed by atoms with Crippen LogP contribution in [0.1, 0.15) is 33.0 Å². The number of esters is 1. The first-order chi connectivity index (χ1) is 15.4. The van der Waals surface area contributed by atoms with Gasteiger partial charge in [0.2, 0.25) is 5.88 Å². The molecule has 1 aliphatic heterocycles. The summed E-state index contributed by atoms with van der Waals surface area (Å²) in [6.45, 7) is 1.97. The fraction of sp³-hybridized carbons (Fsp3) is 0.0833. The molecule has 8 heteroatoms. The maximum Gasteiger partial charge on any atom is 0.343 e. The molecule has 158 valence electrons. The number of non-ortho nitro benzene ring substituents is 1. The molecule has 1 heterocycles. The molecule has 3 aromatic carbocycles. The van der Waals surface area contributed by atoms with Gasteiger partial charge in [-0.05, 0) is 30.7 Å². The Kier molecular flexibility index (Phi) is 5.31. The molecular formula is C24H17N3O5. The van der Waals surface area contributed by atoms with Crippen LogP contribution in [0.4, 0.5) is 5.69 Å². The van der Waals surface area contributed by atoms with E-state index in [0.717, 1.165) is 16.7 Å². The van der Waals surface area contributed by atoms with Crippen molar-refractivity contribution in [2.24, 2.45) is 5.73 Å². The average Bonchev–Trinajstić information content (AvgIpc) is 2.78. The van der Waals surface area contributed by atoms with Crippen molar-refractivity contribution in [3.8, 4) is 17.6 Å². The molecule has 1 atom stereocenters. The maximum atomic E-state index is 12.4. The fourth-order valence-electron chi connectivity index (χ4n) is 3.49. The third kappa shape index (κ3) is 3.87. The van der Waals surface area contributed by atoms with Crippen molar-refractivity contribution in [2.45, 2.75) is 12.8 Å². The van der Waals surface area contributed by atoms with E-state index in [-0.39, 0.29) is 22.9 Å². The van der Waals surface area contributed by atoms with E-state index in [2.05, 4.69) is 6.07 Å². The number of nitro benzene ring substituents is 1. The van der Waals surface area contributed by atoms with Gasteiger partial charge < -0.3 is 15.2 Å². The van der Waals surface area contributed by atoms with Crippen LogP contribution in [0, 0.1) is 28.4 Å². The van der Waals surface area contributed by atoms with Crippen molar-refractivity contribution >= 4 is 11.7 Å². The molecule has 0 aromatic heterocycles. The van der Waals surface area contributed by atoms with Gasteiger partial charge in [-0.2, -0.15) is 5.26 Å². The number of rotatable bonds is 4. The molecule has 1 unspecified atom stereocenters. The Balaban J connectivity index is 1.64. The summed E-state index contributed by atoms with van der Waals surface area (Å²) in [7, 11) is 0. The van der Waals surface area contributed by atoms with Crippen LogP contribution in [0.15, 0.2) is 78.2 Å². The number of allylic oxidation sites excluding steroid dienone is 1. The van der Waals surface area contributed by atoms with Gasteiger partial charge >= 0.3 is 5.97 Å². The van der Waals surface area contributed by atoms with E-state index >= 15 is 0 Å². The van der Waals surface area contributed by atoms with Gasteiger partial charge in [-0.3, -0.25) is 10.1 Å². The first-order valence-electron chi connectivity index (χ1n) is 9.62. The van der Waals surface area contributed by atoms with Crippen LogP contribution in [0.25, 0.3) is 0 Å². The van der Waals surface area contributed by atoms with Crippen LogP contribution in [0.3, 0.4) is 0 Å². The minimum absolute atomic E-state index is 0.00980. The molecule has 0 radical (unpaired) electrons. The van der Waals surface area contributed by atoms with E-state index in [4.69, 9.17) is 15.2 Å². The molecule has 32 heavy (non-hydrogen) atoms. The lowest BCUT2D eigenvalue weighted by molar-refractivity contribution is -0.384. The minimum atomic E-state index is -0.674. The van der Waals surface area contributed by atoms with Crippen molar-refractivity contribution < 1.29 is 19.2 Å². The molecule has 1 aliphatic rings. The zero-order chi connectivity index (χ0) is 22.8. The summed E-state index contributed by atoms with van der Waals surface area (Å²) in [4.78, 5) is 22.7. The predicted molar refractivity (Wildman–Crippen MR) is 115 cm³/mol. The largest absolute Gasteiger partial charge is 0.440 e. The Morgan fingerprint density at radius 1 is 1.12 bits per heavy atom. The summed E-state index contributed by atoms with van der Waals surface area (Å²) in [5, 5.41) is 20.4. The van der Waals surface area contributed by atoms with E-state index in [1.807, 2.05) is 31.2 Å². The highest BCUT2D eigenvalue weighted by molar-refractivity contribution is 5.91. The van der Waals surface area contributed by atoms with Gasteiger partial charge in [0.1, 0.15) is 23.1 Å². The Hall–Kier alpha value is -4.64. The zero-order valence-corrected chi connectivity index (χ0v) is 16.9. The van der Waals surface area contributed by atoms with Crippen LogP contribution >= 0.6 is 0 Å². The number of nitriles is 1. The van der Waals surface area contributed by atoms with Crippen molar-refractivity contribution in [3.05, 3.63) is 111 Å². The molecule has 0 saturated carbocycles. The standard InChI is InChI=1S/C24H17N3O5/c1-14-2-4-15(5-3-14)22-19-11-10-18(12-21(19)32-23(26)20(22)13-25)31-24(28)16-6-8-17(9-7-16)27(29)30/h2-12,22H,26H2,1H3. The van der Waals surface area contributed by atoms with Crippen molar-refractivity contribution in [2.75, 3.05) is 0 Å². The monoisotopic (exact) mass is 427 g/mol. The number of nitrogens with zero attached hydrogens (tertiary/aromatic N) is 2. The second kappa shape index (κ2) is 8.24. The van der Waals surface area contributed by atoms with Crippen molar-refractivity contribution in [3.63, 3.8) is 0 Å². The number of carbonyl (C=O) groups excluding carboxylic acids is 1. The SMILES string of the molecule is Cc1ccc(C2C(C#N)=C(N)Oc3cc(OC(=O)c4ccc([N+](=O)[O-])cc4)ccc32)cc1. The summed E-state index contributed by atoms with van der Waals surface area (Å²) in [5.74, 6) is -0.510. The molecule has 8 nitrogen and oxygen atoms in total. The normalized spacial score (nSPS) is 14.7. The molecule has 0 amide bonds. The number of hydrogen-bond donors (Lipinski definition) is 1. The first-order valence-corrected chi connectivity index (χ1v) is 9.62. The maximum absolute atomic E-state index is 12.4. The number of nitro groups is 1. The molecule has 2 N–H and O–H groups in total. The Bertz CT molecular complexity index is 1290. The summed E-state index contributed by atoms with van der Waals surface area (Å²) < 4.78 is 11.1. The number of benzene rings is 3. The Labute approximate surface area is 183 Å². The third-order valence-corrected chi connectivity index (χ3v) is 5.13. The highest BCUT2D eigenvalue weighted by Gasteiger charge is 2.31. The van der Waals surface area contributed by atoms with Crippen molar-refractivity contribution in [1.82, 2.24) is 0 Å². The lowest BCUT2D eigenvalue weighted by Gasteiger charge is -2.26. The smallest absolute Gasteiger partial charge is 0.343 e. The summed E-state index contributed by atoms with van der Waals surface area (Å²) in [5.41, 5.74) is 9.05. The first kappa shape index (κ1) is 20.6. The zero-order valence-electron chi connectivity index (χ0n) is 16.9.